The monoisotopic (exact) mass is 300 g/mol. The molecule has 1 saturated heterocycles. The first-order valence-electron chi connectivity index (χ1n) is 4.90. The minimum atomic E-state index is -0.534. The minimum absolute atomic E-state index is 0.000498. The highest BCUT2D eigenvalue weighted by Gasteiger charge is 2.22. The summed E-state index contributed by atoms with van der Waals surface area (Å²) in [6.45, 7) is 0.976. The van der Waals surface area contributed by atoms with Crippen LogP contribution in [0.25, 0.3) is 0 Å². The van der Waals surface area contributed by atoms with Crippen LogP contribution in [0.2, 0.25) is 0 Å². The Bertz CT molecular complexity index is 473. The molecule has 0 unspecified atom stereocenters. The lowest BCUT2D eigenvalue weighted by Crippen LogP contribution is -2.48. The first kappa shape index (κ1) is 12.0. The second kappa shape index (κ2) is 4.80. The van der Waals surface area contributed by atoms with Crippen LogP contribution in [-0.4, -0.2) is 30.1 Å². The maximum absolute atomic E-state index is 11.8. The number of ether oxygens (including phenoxy) is 1. The summed E-state index contributed by atoms with van der Waals surface area (Å²) in [5.74, 6) is -0.331. The van der Waals surface area contributed by atoms with Gasteiger partial charge in [-0.3, -0.25) is 14.9 Å². The van der Waals surface area contributed by atoms with Crippen LogP contribution < -0.4 is 5.32 Å². The highest BCUT2D eigenvalue weighted by atomic mass is 79.9. The molecule has 0 saturated carbocycles. The van der Waals surface area contributed by atoms with E-state index in [1.54, 1.807) is 6.07 Å². The van der Waals surface area contributed by atoms with Gasteiger partial charge < -0.3 is 10.1 Å². The van der Waals surface area contributed by atoms with Crippen molar-refractivity contribution in [2.45, 2.75) is 6.04 Å². The third-order valence-electron chi connectivity index (χ3n) is 2.33. The van der Waals surface area contributed by atoms with E-state index in [-0.39, 0.29) is 23.2 Å². The van der Waals surface area contributed by atoms with Crippen molar-refractivity contribution >= 4 is 27.5 Å². The van der Waals surface area contributed by atoms with Crippen LogP contribution in [0, 0.1) is 10.1 Å². The van der Waals surface area contributed by atoms with Crippen LogP contribution in [0.15, 0.2) is 22.7 Å². The van der Waals surface area contributed by atoms with Gasteiger partial charge in [0.1, 0.15) is 0 Å². The van der Waals surface area contributed by atoms with Gasteiger partial charge in [-0.25, -0.2) is 0 Å². The Hall–Kier alpha value is -1.47. The van der Waals surface area contributed by atoms with Gasteiger partial charge in [-0.2, -0.15) is 0 Å². The molecular weight excluding hydrogens is 292 g/mol. The SMILES string of the molecule is O=C(NC1COC1)c1cc(Br)cc([N+](=O)[O-])c1. The number of nitrogens with zero attached hydrogens (tertiary/aromatic N) is 1. The zero-order chi connectivity index (χ0) is 12.4. The predicted molar refractivity (Wildman–Crippen MR) is 62.9 cm³/mol. The summed E-state index contributed by atoms with van der Waals surface area (Å²) in [6.07, 6.45) is 0. The minimum Gasteiger partial charge on any atom is -0.377 e. The van der Waals surface area contributed by atoms with E-state index in [0.717, 1.165) is 0 Å². The number of hydrogen-bond donors (Lipinski definition) is 1. The molecule has 90 valence electrons. The lowest BCUT2D eigenvalue weighted by atomic mass is 10.1. The maximum atomic E-state index is 11.8. The summed E-state index contributed by atoms with van der Waals surface area (Å²) in [7, 11) is 0. The maximum Gasteiger partial charge on any atom is 0.271 e. The van der Waals surface area contributed by atoms with Crippen LogP contribution >= 0.6 is 15.9 Å². The van der Waals surface area contributed by atoms with Gasteiger partial charge in [0.25, 0.3) is 11.6 Å². The topological polar surface area (TPSA) is 81.5 Å². The first-order valence-corrected chi connectivity index (χ1v) is 5.69. The Morgan fingerprint density at radius 1 is 1.47 bits per heavy atom. The molecule has 7 heteroatoms. The van der Waals surface area contributed by atoms with Crippen LogP contribution in [0.5, 0.6) is 0 Å². The Labute approximate surface area is 105 Å². The number of carbonyl (C=O) groups excluding carboxylic acids is 1. The van der Waals surface area contributed by atoms with E-state index in [9.17, 15) is 14.9 Å². The lowest BCUT2D eigenvalue weighted by molar-refractivity contribution is -0.385. The standard InChI is InChI=1S/C10H9BrN2O4/c11-7-1-6(2-9(3-7)13(15)16)10(14)12-8-4-17-5-8/h1-3,8H,4-5H2,(H,12,14). The molecule has 17 heavy (non-hydrogen) atoms. The molecule has 2 rings (SSSR count). The van der Waals surface area contributed by atoms with E-state index in [1.165, 1.54) is 12.1 Å². The summed E-state index contributed by atoms with van der Waals surface area (Å²) in [5, 5.41) is 13.4. The van der Waals surface area contributed by atoms with Crippen molar-refractivity contribution in [3.63, 3.8) is 0 Å². The van der Waals surface area contributed by atoms with Crippen LogP contribution in [0.3, 0.4) is 0 Å². The predicted octanol–water partition coefficient (Wildman–Crippen LogP) is 1.49. The third-order valence-corrected chi connectivity index (χ3v) is 2.79. The summed E-state index contributed by atoms with van der Waals surface area (Å²) >= 11 is 3.14. The number of amides is 1. The zero-order valence-corrected chi connectivity index (χ0v) is 10.3. The molecule has 1 aliphatic heterocycles. The van der Waals surface area contributed by atoms with E-state index in [0.29, 0.717) is 17.7 Å². The molecule has 1 amide bonds. The summed E-state index contributed by atoms with van der Waals surface area (Å²) < 4.78 is 5.43. The zero-order valence-electron chi connectivity index (χ0n) is 8.68. The van der Waals surface area contributed by atoms with E-state index in [2.05, 4.69) is 21.2 Å². The molecule has 1 aromatic rings. The number of halogens is 1. The number of nitro benzene ring substituents is 1. The fourth-order valence-electron chi connectivity index (χ4n) is 1.40. The number of nitro groups is 1. The second-order valence-electron chi connectivity index (χ2n) is 3.66. The Balaban J connectivity index is 2.18. The normalized spacial score (nSPS) is 15.1. The number of non-ortho nitro benzene ring substituents is 1. The van der Waals surface area contributed by atoms with Gasteiger partial charge in [0.15, 0.2) is 0 Å². The Kier molecular flexibility index (Phi) is 3.39. The molecule has 0 radical (unpaired) electrons. The van der Waals surface area contributed by atoms with E-state index in [4.69, 9.17) is 4.74 Å². The number of rotatable bonds is 3. The summed E-state index contributed by atoms with van der Waals surface area (Å²) in [6, 6.07) is 4.14. The van der Waals surface area contributed by atoms with Crippen molar-refractivity contribution in [2.24, 2.45) is 0 Å². The van der Waals surface area contributed by atoms with Crippen LogP contribution in [-0.2, 0) is 4.74 Å². The number of benzene rings is 1. The van der Waals surface area contributed by atoms with Gasteiger partial charge in [-0.15, -0.1) is 0 Å². The fourth-order valence-corrected chi connectivity index (χ4v) is 1.88. The Morgan fingerprint density at radius 3 is 2.71 bits per heavy atom. The van der Waals surface area contributed by atoms with Gasteiger partial charge in [-0.1, -0.05) is 15.9 Å². The van der Waals surface area contributed by atoms with E-state index >= 15 is 0 Å². The van der Waals surface area contributed by atoms with Crippen LogP contribution in [0.1, 0.15) is 10.4 Å². The van der Waals surface area contributed by atoms with Gasteiger partial charge in [0.2, 0.25) is 0 Å². The highest BCUT2D eigenvalue weighted by molar-refractivity contribution is 9.10. The van der Waals surface area contributed by atoms with Gasteiger partial charge in [-0.05, 0) is 6.07 Å². The van der Waals surface area contributed by atoms with Crippen molar-refractivity contribution < 1.29 is 14.5 Å². The highest BCUT2D eigenvalue weighted by Crippen LogP contribution is 2.21. The molecule has 0 bridgehead atoms. The molecule has 1 heterocycles. The smallest absolute Gasteiger partial charge is 0.271 e. The second-order valence-corrected chi connectivity index (χ2v) is 4.58. The quantitative estimate of drug-likeness (QED) is 0.677. The third kappa shape index (κ3) is 2.80. The van der Waals surface area contributed by atoms with E-state index in [1.807, 2.05) is 0 Å². The van der Waals surface area contributed by atoms with Gasteiger partial charge in [0.05, 0.1) is 24.2 Å². The van der Waals surface area contributed by atoms with Gasteiger partial charge in [0, 0.05) is 22.2 Å². The molecule has 1 N–H and O–H groups in total. The van der Waals surface area contributed by atoms with Crippen molar-refractivity contribution in [1.82, 2.24) is 5.32 Å². The van der Waals surface area contributed by atoms with Gasteiger partial charge >= 0.3 is 0 Å². The number of hydrogen-bond acceptors (Lipinski definition) is 4. The average molecular weight is 301 g/mol. The molecule has 1 aliphatic rings. The molecule has 0 aliphatic carbocycles. The average Bonchev–Trinajstić information content (AvgIpc) is 2.22. The van der Waals surface area contributed by atoms with Crippen molar-refractivity contribution in [3.8, 4) is 0 Å². The van der Waals surface area contributed by atoms with Crippen molar-refractivity contribution in [2.75, 3.05) is 13.2 Å². The summed E-state index contributed by atoms with van der Waals surface area (Å²) in [4.78, 5) is 21.9. The molecule has 6 nitrogen and oxygen atoms in total. The van der Waals surface area contributed by atoms with Crippen LogP contribution in [0.4, 0.5) is 5.69 Å². The molecule has 1 fully saturated rings. The largest absolute Gasteiger partial charge is 0.377 e. The van der Waals surface area contributed by atoms with E-state index < -0.39 is 4.92 Å². The van der Waals surface area contributed by atoms with Crippen molar-refractivity contribution in [1.29, 1.82) is 0 Å². The molecule has 1 aromatic carbocycles. The molecular formula is C10H9BrN2O4. The molecule has 0 atom stereocenters. The van der Waals surface area contributed by atoms with Crippen molar-refractivity contribution in [3.05, 3.63) is 38.3 Å². The lowest BCUT2D eigenvalue weighted by Gasteiger charge is -2.26. The first-order chi connectivity index (χ1) is 8.06. The summed E-state index contributed by atoms with van der Waals surface area (Å²) in [5.41, 5.74) is 0.146. The molecule has 0 aromatic heterocycles. The Morgan fingerprint density at radius 2 is 2.18 bits per heavy atom. The number of carbonyl (C=O) groups is 1. The molecule has 0 spiro atoms. The fraction of sp³-hybridized carbons (Fsp3) is 0.300. The number of nitrogens with one attached hydrogen (secondary N) is 1.